The molecule has 0 spiro atoms. The fourth-order valence-corrected chi connectivity index (χ4v) is 2.19. The summed E-state index contributed by atoms with van der Waals surface area (Å²) in [6, 6.07) is 4.77. The Kier molecular flexibility index (Phi) is 3.76. The van der Waals surface area contributed by atoms with Crippen LogP contribution in [0.3, 0.4) is 0 Å². The largest absolute Gasteiger partial charge is 0.417 e. The molecule has 1 aliphatic rings. The lowest BCUT2D eigenvalue weighted by molar-refractivity contribution is -0.137. The van der Waals surface area contributed by atoms with E-state index in [-0.39, 0.29) is 11.0 Å². The molecule has 1 aliphatic carbocycles. The Morgan fingerprint density at radius 1 is 1.32 bits per heavy atom. The fraction of sp³-hybridized carbons (Fsp3) is 0.462. The van der Waals surface area contributed by atoms with Crippen molar-refractivity contribution in [2.45, 2.75) is 19.0 Å². The van der Waals surface area contributed by atoms with Crippen molar-refractivity contribution in [1.82, 2.24) is 5.32 Å². The maximum Gasteiger partial charge on any atom is 0.417 e. The van der Waals surface area contributed by atoms with Crippen LogP contribution in [0.5, 0.6) is 0 Å². The van der Waals surface area contributed by atoms with Crippen LogP contribution in [0, 0.1) is 5.41 Å². The Balaban J connectivity index is 2.11. The van der Waals surface area contributed by atoms with Gasteiger partial charge < -0.3 is 5.32 Å². The average Bonchev–Trinajstić information content (AvgIpc) is 3.16. The minimum Gasteiger partial charge on any atom is -0.351 e. The molecule has 1 amide bonds. The first-order valence-electron chi connectivity index (χ1n) is 5.88. The third-order valence-corrected chi connectivity index (χ3v) is 3.91. The molecule has 1 aromatic rings. The van der Waals surface area contributed by atoms with Crippen molar-refractivity contribution >= 4 is 17.5 Å². The van der Waals surface area contributed by atoms with E-state index in [4.69, 9.17) is 11.6 Å². The van der Waals surface area contributed by atoms with Gasteiger partial charge >= 0.3 is 6.18 Å². The monoisotopic (exact) mass is 291 g/mol. The zero-order chi connectivity index (χ0) is 14.1. The molecule has 1 saturated carbocycles. The lowest BCUT2D eigenvalue weighted by atomic mass is 10.1. The first-order valence-corrected chi connectivity index (χ1v) is 6.42. The van der Waals surface area contributed by atoms with Gasteiger partial charge in [0.05, 0.1) is 11.1 Å². The molecule has 0 aromatic heterocycles. The van der Waals surface area contributed by atoms with Crippen molar-refractivity contribution in [3.63, 3.8) is 0 Å². The van der Waals surface area contributed by atoms with Crippen LogP contribution in [-0.2, 0) is 6.18 Å². The van der Waals surface area contributed by atoms with Crippen molar-refractivity contribution in [3.05, 3.63) is 35.4 Å². The van der Waals surface area contributed by atoms with Crippen molar-refractivity contribution in [3.8, 4) is 0 Å². The molecule has 0 heterocycles. The molecule has 0 aliphatic heterocycles. The molecule has 0 bridgehead atoms. The number of benzene rings is 1. The van der Waals surface area contributed by atoms with Gasteiger partial charge in [0.25, 0.3) is 5.91 Å². The lowest BCUT2D eigenvalue weighted by Gasteiger charge is -2.15. The normalized spacial score (nSPS) is 17.1. The Morgan fingerprint density at radius 3 is 2.47 bits per heavy atom. The highest BCUT2D eigenvalue weighted by Crippen LogP contribution is 2.45. The maximum atomic E-state index is 12.8. The highest BCUT2D eigenvalue weighted by atomic mass is 35.5. The van der Waals surface area contributed by atoms with Crippen LogP contribution in [0.25, 0.3) is 0 Å². The molecule has 19 heavy (non-hydrogen) atoms. The van der Waals surface area contributed by atoms with Gasteiger partial charge in [-0.05, 0) is 25.0 Å². The fourth-order valence-electron chi connectivity index (χ4n) is 1.83. The zero-order valence-corrected chi connectivity index (χ0v) is 10.8. The number of alkyl halides is 4. The molecule has 1 fully saturated rings. The van der Waals surface area contributed by atoms with Gasteiger partial charge in [0, 0.05) is 17.8 Å². The molecule has 2 rings (SSSR count). The summed E-state index contributed by atoms with van der Waals surface area (Å²) in [4.78, 5) is 11.8. The van der Waals surface area contributed by atoms with Gasteiger partial charge in [-0.1, -0.05) is 12.1 Å². The molecule has 104 valence electrons. The number of carbonyl (C=O) groups excluding carboxylic acids is 1. The van der Waals surface area contributed by atoms with E-state index < -0.39 is 17.6 Å². The van der Waals surface area contributed by atoms with Gasteiger partial charge in [0.1, 0.15) is 0 Å². The highest BCUT2D eigenvalue weighted by Gasteiger charge is 2.42. The quantitative estimate of drug-likeness (QED) is 0.846. The summed E-state index contributed by atoms with van der Waals surface area (Å²) >= 11 is 5.76. The van der Waals surface area contributed by atoms with E-state index in [9.17, 15) is 18.0 Å². The summed E-state index contributed by atoms with van der Waals surface area (Å²) in [6.07, 6.45) is -2.73. The van der Waals surface area contributed by atoms with Crippen LogP contribution in [0.1, 0.15) is 28.8 Å². The summed E-state index contributed by atoms with van der Waals surface area (Å²) in [6.45, 7) is 0.321. The minimum absolute atomic E-state index is 0.121. The minimum atomic E-state index is -4.53. The summed E-state index contributed by atoms with van der Waals surface area (Å²) in [5.41, 5.74) is -1.38. The lowest BCUT2D eigenvalue weighted by Crippen LogP contribution is -2.32. The van der Waals surface area contributed by atoms with E-state index in [2.05, 4.69) is 5.32 Å². The van der Waals surface area contributed by atoms with Crippen molar-refractivity contribution in [2.75, 3.05) is 12.4 Å². The molecule has 0 atom stereocenters. The average molecular weight is 292 g/mol. The summed E-state index contributed by atoms with van der Waals surface area (Å²) < 4.78 is 38.3. The number of hydrogen-bond donors (Lipinski definition) is 1. The van der Waals surface area contributed by atoms with Gasteiger partial charge in [-0.3, -0.25) is 4.79 Å². The van der Waals surface area contributed by atoms with Crippen LogP contribution in [-0.4, -0.2) is 18.3 Å². The Labute approximate surface area is 113 Å². The molecule has 0 unspecified atom stereocenters. The van der Waals surface area contributed by atoms with Gasteiger partial charge in [0.15, 0.2) is 0 Å². The van der Waals surface area contributed by atoms with Crippen LogP contribution in [0.2, 0.25) is 0 Å². The van der Waals surface area contributed by atoms with E-state index in [1.54, 1.807) is 0 Å². The van der Waals surface area contributed by atoms with Crippen LogP contribution in [0.4, 0.5) is 13.2 Å². The summed E-state index contributed by atoms with van der Waals surface area (Å²) in [5.74, 6) is -0.293. The predicted octanol–water partition coefficient (Wildman–Crippen LogP) is 3.45. The van der Waals surface area contributed by atoms with E-state index in [1.807, 2.05) is 0 Å². The second kappa shape index (κ2) is 5.04. The molecular formula is C13H13ClF3NO. The van der Waals surface area contributed by atoms with Gasteiger partial charge in [-0.25, -0.2) is 0 Å². The molecular weight excluding hydrogens is 279 g/mol. The van der Waals surface area contributed by atoms with Crippen molar-refractivity contribution < 1.29 is 18.0 Å². The standard InChI is InChI=1S/C13H13ClF3NO/c14-7-12(5-6-12)8-18-11(19)9-3-1-2-4-10(9)13(15,16)17/h1-4H,5-8H2,(H,18,19). The van der Waals surface area contributed by atoms with E-state index in [0.29, 0.717) is 12.4 Å². The number of amides is 1. The first-order chi connectivity index (χ1) is 8.88. The van der Waals surface area contributed by atoms with E-state index in [0.717, 1.165) is 18.9 Å². The van der Waals surface area contributed by atoms with Gasteiger partial charge in [0.2, 0.25) is 0 Å². The smallest absolute Gasteiger partial charge is 0.351 e. The molecule has 0 saturated heterocycles. The van der Waals surface area contributed by atoms with E-state index >= 15 is 0 Å². The zero-order valence-electron chi connectivity index (χ0n) is 10.1. The third kappa shape index (κ3) is 3.21. The summed E-state index contributed by atoms with van der Waals surface area (Å²) in [7, 11) is 0. The van der Waals surface area contributed by atoms with E-state index in [1.165, 1.54) is 18.2 Å². The third-order valence-electron chi connectivity index (χ3n) is 3.34. The second-order valence-electron chi connectivity index (χ2n) is 4.86. The van der Waals surface area contributed by atoms with Gasteiger partial charge in [-0.2, -0.15) is 13.2 Å². The van der Waals surface area contributed by atoms with Gasteiger partial charge in [-0.15, -0.1) is 11.6 Å². The molecule has 6 heteroatoms. The summed E-state index contributed by atoms with van der Waals surface area (Å²) in [5, 5.41) is 2.54. The number of hydrogen-bond acceptors (Lipinski definition) is 1. The Hall–Kier alpha value is -1.23. The van der Waals surface area contributed by atoms with Crippen molar-refractivity contribution in [1.29, 1.82) is 0 Å². The maximum absolute atomic E-state index is 12.8. The number of rotatable bonds is 4. The van der Waals surface area contributed by atoms with Crippen molar-refractivity contribution in [2.24, 2.45) is 5.41 Å². The van der Waals surface area contributed by atoms with Crippen LogP contribution < -0.4 is 5.32 Å². The molecule has 0 radical (unpaired) electrons. The number of carbonyl (C=O) groups is 1. The Morgan fingerprint density at radius 2 is 1.95 bits per heavy atom. The predicted molar refractivity (Wildman–Crippen MR) is 66.2 cm³/mol. The highest BCUT2D eigenvalue weighted by molar-refractivity contribution is 6.18. The second-order valence-corrected chi connectivity index (χ2v) is 5.13. The first kappa shape index (κ1) is 14.2. The number of halogens is 4. The van der Waals surface area contributed by atoms with Crippen LogP contribution in [0.15, 0.2) is 24.3 Å². The number of nitrogens with one attached hydrogen (secondary N) is 1. The SMILES string of the molecule is O=C(NCC1(CCl)CC1)c1ccccc1C(F)(F)F. The molecule has 1 N–H and O–H groups in total. The molecule has 1 aromatic carbocycles. The van der Waals surface area contributed by atoms with Crippen LogP contribution >= 0.6 is 11.6 Å². The molecule has 2 nitrogen and oxygen atoms in total. The Bertz CT molecular complexity index is 483. The topological polar surface area (TPSA) is 29.1 Å².